The number of hydrogen-bond donors (Lipinski definition) is 4. The Morgan fingerprint density at radius 3 is 2.64 bits per heavy atom. The highest BCUT2D eigenvalue weighted by Crippen LogP contribution is 2.25. The van der Waals surface area contributed by atoms with E-state index in [4.69, 9.17) is 17.1 Å². The average molecular weight is 380 g/mol. The first-order valence-electron chi connectivity index (χ1n) is 6.86. The molecule has 25 heavy (non-hydrogen) atoms. The molecule has 1 heterocycles. The summed E-state index contributed by atoms with van der Waals surface area (Å²) in [5, 5.41) is 9.02. The summed E-state index contributed by atoms with van der Waals surface area (Å²) < 4.78 is 0. The maximum absolute atomic E-state index is 12.0. The van der Waals surface area contributed by atoms with E-state index in [1.54, 1.807) is 24.5 Å². The lowest BCUT2D eigenvalue weighted by Gasteiger charge is -2.12. The normalized spacial score (nSPS) is 10.0. The zero-order valence-corrected chi connectivity index (χ0v) is 14.8. The molecular formula is C14H14ClN7O2S. The first-order valence-corrected chi connectivity index (χ1v) is 8.47. The predicted octanol–water partition coefficient (Wildman–Crippen LogP) is 2.63. The topological polar surface area (TPSA) is 132 Å². The molecule has 9 nitrogen and oxygen atoms in total. The number of amides is 2. The molecule has 0 saturated heterocycles. The molecule has 0 aliphatic heterocycles. The Hall–Kier alpha value is -2.72. The third-order valence-corrected chi connectivity index (χ3v) is 3.93. The highest BCUT2D eigenvalue weighted by molar-refractivity contribution is 7.98. The first kappa shape index (κ1) is 18.6. The lowest BCUT2D eigenvalue weighted by Crippen LogP contribution is -2.19. The van der Waals surface area contributed by atoms with Gasteiger partial charge < -0.3 is 10.6 Å². The van der Waals surface area contributed by atoms with Crippen LogP contribution >= 0.6 is 23.4 Å². The van der Waals surface area contributed by atoms with Gasteiger partial charge in [-0.25, -0.2) is 15.4 Å². The van der Waals surface area contributed by atoms with Crippen LogP contribution in [0.15, 0.2) is 34.8 Å². The number of benzene rings is 1. The van der Waals surface area contributed by atoms with Gasteiger partial charge in [-0.05, 0) is 24.5 Å². The molecule has 2 aromatic rings. The Kier molecular flexibility index (Phi) is 6.25. The van der Waals surface area contributed by atoms with Gasteiger partial charge in [-0.2, -0.15) is 5.53 Å². The number of rotatable bonds is 6. The van der Waals surface area contributed by atoms with Crippen LogP contribution in [0.5, 0.6) is 0 Å². The van der Waals surface area contributed by atoms with Gasteiger partial charge in [-0.3, -0.25) is 9.59 Å². The van der Waals surface area contributed by atoms with Gasteiger partial charge in [0, 0.05) is 18.9 Å². The van der Waals surface area contributed by atoms with Crippen molar-refractivity contribution in [3.63, 3.8) is 0 Å². The highest BCUT2D eigenvalue weighted by Gasteiger charge is 2.16. The third-order valence-electron chi connectivity index (χ3n) is 3.05. The number of carbonyl (C=O) groups is 2. The molecule has 1 aromatic heterocycles. The summed E-state index contributed by atoms with van der Waals surface area (Å²) in [5.41, 5.74) is 9.72. The van der Waals surface area contributed by atoms with Crippen molar-refractivity contribution >= 4 is 46.7 Å². The van der Waals surface area contributed by atoms with Gasteiger partial charge in [0.05, 0.1) is 10.6 Å². The molecular weight excluding hydrogens is 366 g/mol. The third kappa shape index (κ3) is 4.43. The summed E-state index contributed by atoms with van der Waals surface area (Å²) in [6.45, 7) is 0. The standard InChI is InChI=1S/C14H14ClN7O2S/c1-17-12(23)8-4-3-7(5-10(8)15)19-11-9(13(24)21-22-16)6-18-14(20-11)25-2/h3-6H,1-2H3,(H,17,23)(H2,16,21,24)(H,18,19,20). The van der Waals surface area contributed by atoms with Gasteiger partial charge in [-0.15, -0.1) is 0 Å². The monoisotopic (exact) mass is 379 g/mol. The molecule has 2 rings (SSSR count). The number of carbonyl (C=O) groups excluding carboxylic acids is 2. The second-order valence-corrected chi connectivity index (χ2v) is 5.75. The van der Waals surface area contributed by atoms with Crippen molar-refractivity contribution < 1.29 is 9.59 Å². The summed E-state index contributed by atoms with van der Waals surface area (Å²) in [7, 11) is 1.51. The first-order chi connectivity index (χ1) is 12.0. The van der Waals surface area contributed by atoms with Crippen molar-refractivity contribution in [2.75, 3.05) is 18.6 Å². The minimum absolute atomic E-state index is 0.111. The van der Waals surface area contributed by atoms with Gasteiger partial charge in [0.15, 0.2) is 5.16 Å². The van der Waals surface area contributed by atoms with E-state index in [0.717, 1.165) is 0 Å². The fourth-order valence-corrected chi connectivity index (χ4v) is 2.49. The van der Waals surface area contributed by atoms with Gasteiger partial charge in [-0.1, -0.05) is 28.6 Å². The van der Waals surface area contributed by atoms with Crippen LogP contribution in [0.2, 0.25) is 5.02 Å². The van der Waals surface area contributed by atoms with E-state index in [1.165, 1.54) is 25.0 Å². The Bertz CT molecular complexity index is 831. The van der Waals surface area contributed by atoms with Crippen LogP contribution in [0.25, 0.3) is 0 Å². The number of halogens is 1. The lowest BCUT2D eigenvalue weighted by molar-refractivity contribution is 0.0946. The second-order valence-electron chi connectivity index (χ2n) is 4.57. The van der Waals surface area contributed by atoms with Gasteiger partial charge in [0.2, 0.25) is 0 Å². The number of aromatic nitrogens is 2. The molecule has 11 heteroatoms. The Balaban J connectivity index is 2.38. The number of nitrogens with zero attached hydrogens (tertiary/aromatic N) is 3. The molecule has 0 saturated carbocycles. The molecule has 0 bridgehead atoms. The van der Waals surface area contributed by atoms with E-state index in [0.29, 0.717) is 16.4 Å². The zero-order chi connectivity index (χ0) is 18.4. The molecule has 130 valence electrons. The molecule has 0 unspecified atom stereocenters. The average Bonchev–Trinajstić information content (AvgIpc) is 2.61. The van der Waals surface area contributed by atoms with Gasteiger partial charge in [0.25, 0.3) is 11.8 Å². The summed E-state index contributed by atoms with van der Waals surface area (Å²) in [5.74, 6) is -0.706. The molecule has 4 N–H and O–H groups in total. The van der Waals surface area contributed by atoms with Crippen molar-refractivity contribution in [3.8, 4) is 0 Å². The van der Waals surface area contributed by atoms with Crippen LogP contribution in [0.4, 0.5) is 11.5 Å². The Morgan fingerprint density at radius 2 is 2.04 bits per heavy atom. The SMILES string of the molecule is CNC(=O)c1ccc(Nc2nc(SC)ncc2C(=O)NN=N)cc1Cl. The molecule has 0 fully saturated rings. The summed E-state index contributed by atoms with van der Waals surface area (Å²) in [6, 6.07) is 4.73. The van der Waals surface area contributed by atoms with Crippen molar-refractivity contribution in [1.29, 1.82) is 5.53 Å². The summed E-state index contributed by atoms with van der Waals surface area (Å²) >= 11 is 7.43. The van der Waals surface area contributed by atoms with E-state index < -0.39 is 5.91 Å². The number of hydrogen-bond acceptors (Lipinski definition) is 8. The largest absolute Gasteiger partial charge is 0.355 e. The van der Waals surface area contributed by atoms with Crippen LogP contribution < -0.4 is 16.1 Å². The Morgan fingerprint density at radius 1 is 1.28 bits per heavy atom. The van der Waals surface area contributed by atoms with Crippen molar-refractivity contribution in [3.05, 3.63) is 40.5 Å². The summed E-state index contributed by atoms with van der Waals surface area (Å²) in [6.07, 6.45) is 3.13. The minimum atomic E-state index is -0.627. The summed E-state index contributed by atoms with van der Waals surface area (Å²) in [4.78, 5) is 31.9. The molecule has 0 radical (unpaired) electrons. The second kappa shape index (κ2) is 8.40. The van der Waals surface area contributed by atoms with E-state index in [1.807, 2.05) is 5.43 Å². The fraction of sp³-hybridized carbons (Fsp3) is 0.143. The van der Waals surface area contributed by atoms with E-state index in [2.05, 4.69) is 25.8 Å². The minimum Gasteiger partial charge on any atom is -0.355 e. The van der Waals surface area contributed by atoms with E-state index >= 15 is 0 Å². The van der Waals surface area contributed by atoms with Crippen molar-refractivity contribution in [2.45, 2.75) is 5.16 Å². The fourth-order valence-electron chi connectivity index (χ4n) is 1.88. The number of thioether (sulfide) groups is 1. The van der Waals surface area contributed by atoms with E-state index in [-0.39, 0.29) is 22.3 Å². The molecule has 0 atom stereocenters. The van der Waals surface area contributed by atoms with Crippen LogP contribution in [-0.2, 0) is 0 Å². The van der Waals surface area contributed by atoms with Crippen molar-refractivity contribution in [1.82, 2.24) is 20.7 Å². The lowest BCUT2D eigenvalue weighted by atomic mass is 10.2. The van der Waals surface area contributed by atoms with Crippen LogP contribution in [-0.4, -0.2) is 35.1 Å². The van der Waals surface area contributed by atoms with Crippen LogP contribution in [0.3, 0.4) is 0 Å². The smallest absolute Gasteiger partial charge is 0.278 e. The van der Waals surface area contributed by atoms with Crippen molar-refractivity contribution in [2.24, 2.45) is 5.22 Å². The molecule has 2 amide bonds. The number of anilines is 2. The molecule has 0 aliphatic rings. The quantitative estimate of drug-likeness (QED) is 0.264. The maximum atomic E-state index is 12.0. The zero-order valence-electron chi connectivity index (χ0n) is 13.3. The van der Waals surface area contributed by atoms with Crippen LogP contribution in [0.1, 0.15) is 20.7 Å². The highest BCUT2D eigenvalue weighted by atomic mass is 35.5. The van der Waals surface area contributed by atoms with Gasteiger partial charge >= 0.3 is 0 Å². The Labute approximate surface area is 152 Å². The molecule has 0 spiro atoms. The number of nitrogens with one attached hydrogen (secondary N) is 4. The maximum Gasteiger partial charge on any atom is 0.278 e. The van der Waals surface area contributed by atoms with Crippen LogP contribution in [0, 0.1) is 5.53 Å². The van der Waals surface area contributed by atoms with E-state index in [9.17, 15) is 9.59 Å². The molecule has 1 aromatic carbocycles. The molecule has 0 aliphatic carbocycles. The predicted molar refractivity (Wildman–Crippen MR) is 94.6 cm³/mol. The van der Waals surface area contributed by atoms with Gasteiger partial charge in [0.1, 0.15) is 11.4 Å².